The van der Waals surface area contributed by atoms with Crippen LogP contribution in [0.2, 0.25) is 0 Å². The molecule has 1 aromatic carbocycles. The van der Waals surface area contributed by atoms with Gasteiger partial charge in [0.2, 0.25) is 5.91 Å². The van der Waals surface area contributed by atoms with Gasteiger partial charge in [0.05, 0.1) is 5.52 Å². The minimum Gasteiger partial charge on any atom is -0.375 e. The van der Waals surface area contributed by atoms with E-state index >= 15 is 0 Å². The predicted molar refractivity (Wildman–Crippen MR) is 87.4 cm³/mol. The number of fused-ring (bicyclic) bond motifs is 1. The summed E-state index contributed by atoms with van der Waals surface area (Å²) in [5.41, 5.74) is -0.768. The molecule has 2 rings (SSSR count). The number of hydrogen-bond acceptors (Lipinski definition) is 3. The second kappa shape index (κ2) is 7.26. The Morgan fingerprint density at radius 3 is 2.60 bits per heavy atom. The van der Waals surface area contributed by atoms with E-state index in [1.54, 1.807) is 26.0 Å². The van der Waals surface area contributed by atoms with Crippen LogP contribution in [0.25, 0.3) is 10.9 Å². The molecular formula is C17H19F3N2O3. The topological polar surface area (TPSA) is 60.3 Å². The standard InChI is InChI=1S/C17H19F3N2O3/c1-10-4-5-13-12(6-10)14(23)7-15(17(18,19)20)22(13)8-11(2)21-16(24)9-25-3/h4-7,11H,8-9H2,1-3H3,(H,21,24)/t11-/m1/s1. The van der Waals surface area contributed by atoms with E-state index in [2.05, 4.69) is 5.32 Å². The van der Waals surface area contributed by atoms with Crippen LogP contribution >= 0.6 is 0 Å². The van der Waals surface area contributed by atoms with Gasteiger partial charge in [-0.3, -0.25) is 9.59 Å². The molecule has 0 radical (unpaired) electrons. The molecule has 1 heterocycles. The van der Waals surface area contributed by atoms with Gasteiger partial charge in [-0.25, -0.2) is 0 Å². The third-order valence-electron chi connectivity index (χ3n) is 3.70. The van der Waals surface area contributed by atoms with Crippen LogP contribution in [0, 0.1) is 6.92 Å². The van der Waals surface area contributed by atoms with Gasteiger partial charge in [0.15, 0.2) is 5.43 Å². The minimum absolute atomic E-state index is 0.135. The van der Waals surface area contributed by atoms with Crippen LogP contribution in [0.1, 0.15) is 18.2 Å². The first-order valence-corrected chi connectivity index (χ1v) is 7.63. The molecule has 1 aromatic heterocycles. The molecule has 0 spiro atoms. The highest BCUT2D eigenvalue weighted by Gasteiger charge is 2.35. The number of aryl methyl sites for hydroxylation is 1. The van der Waals surface area contributed by atoms with E-state index < -0.39 is 29.2 Å². The molecule has 0 saturated carbocycles. The monoisotopic (exact) mass is 356 g/mol. The first kappa shape index (κ1) is 19.0. The van der Waals surface area contributed by atoms with Gasteiger partial charge in [0.1, 0.15) is 12.3 Å². The number of nitrogens with one attached hydrogen (secondary N) is 1. The Balaban J connectivity index is 2.53. The van der Waals surface area contributed by atoms with Crippen LogP contribution in [-0.4, -0.2) is 30.2 Å². The molecule has 8 heteroatoms. The number of nitrogens with zero attached hydrogens (tertiary/aromatic N) is 1. The van der Waals surface area contributed by atoms with Crippen molar-refractivity contribution >= 4 is 16.8 Å². The molecule has 0 aliphatic heterocycles. The molecular weight excluding hydrogens is 337 g/mol. The zero-order chi connectivity index (χ0) is 18.8. The third kappa shape index (κ3) is 4.39. The molecule has 1 N–H and O–H groups in total. The molecule has 0 fully saturated rings. The number of pyridine rings is 1. The lowest BCUT2D eigenvalue weighted by Crippen LogP contribution is -2.39. The SMILES string of the molecule is COCC(=O)N[C@H](C)Cn1c(C(F)(F)F)cc(=O)c2cc(C)ccc21. The average Bonchev–Trinajstić information content (AvgIpc) is 2.49. The van der Waals surface area contributed by atoms with E-state index in [1.165, 1.54) is 13.2 Å². The molecule has 0 aliphatic carbocycles. The Morgan fingerprint density at radius 2 is 2.00 bits per heavy atom. The molecule has 0 aliphatic rings. The zero-order valence-electron chi connectivity index (χ0n) is 14.1. The normalized spacial score (nSPS) is 13.0. The first-order valence-electron chi connectivity index (χ1n) is 7.63. The van der Waals surface area contributed by atoms with Crippen molar-refractivity contribution in [3.63, 3.8) is 0 Å². The maximum absolute atomic E-state index is 13.4. The Bertz CT molecular complexity index is 843. The third-order valence-corrected chi connectivity index (χ3v) is 3.70. The largest absolute Gasteiger partial charge is 0.431 e. The quantitative estimate of drug-likeness (QED) is 0.895. The van der Waals surface area contributed by atoms with Crippen molar-refractivity contribution in [3.05, 3.63) is 45.7 Å². The van der Waals surface area contributed by atoms with Gasteiger partial charge in [0, 0.05) is 31.1 Å². The van der Waals surface area contributed by atoms with E-state index in [4.69, 9.17) is 4.74 Å². The minimum atomic E-state index is -4.69. The molecule has 0 bridgehead atoms. The second-order valence-corrected chi connectivity index (χ2v) is 5.92. The van der Waals surface area contributed by atoms with Gasteiger partial charge in [0.25, 0.3) is 0 Å². The van der Waals surface area contributed by atoms with Gasteiger partial charge in [-0.05, 0) is 26.0 Å². The summed E-state index contributed by atoms with van der Waals surface area (Å²) in [6.07, 6.45) is -4.69. The Hall–Kier alpha value is -2.35. The molecule has 0 unspecified atom stereocenters. The van der Waals surface area contributed by atoms with Gasteiger partial charge in [-0.1, -0.05) is 11.6 Å². The van der Waals surface area contributed by atoms with Crippen molar-refractivity contribution in [1.29, 1.82) is 0 Å². The van der Waals surface area contributed by atoms with Gasteiger partial charge < -0.3 is 14.6 Å². The highest BCUT2D eigenvalue weighted by molar-refractivity contribution is 5.80. The lowest BCUT2D eigenvalue weighted by Gasteiger charge is -2.22. The average molecular weight is 356 g/mol. The Labute approximate surface area is 142 Å². The first-order chi connectivity index (χ1) is 11.6. The molecule has 5 nitrogen and oxygen atoms in total. The Kier molecular flexibility index (Phi) is 5.52. The van der Waals surface area contributed by atoms with Crippen LogP contribution < -0.4 is 10.7 Å². The summed E-state index contributed by atoms with van der Waals surface area (Å²) in [4.78, 5) is 23.7. The van der Waals surface area contributed by atoms with E-state index in [1.807, 2.05) is 0 Å². The van der Waals surface area contributed by atoms with Crippen molar-refractivity contribution in [1.82, 2.24) is 9.88 Å². The fraction of sp³-hybridized carbons (Fsp3) is 0.412. The fourth-order valence-electron chi connectivity index (χ4n) is 2.69. The number of hydrogen-bond donors (Lipinski definition) is 1. The molecule has 1 amide bonds. The lowest BCUT2D eigenvalue weighted by atomic mass is 10.1. The fourth-order valence-corrected chi connectivity index (χ4v) is 2.69. The number of methoxy groups -OCH3 is 1. The number of rotatable bonds is 5. The van der Waals surface area contributed by atoms with E-state index in [0.29, 0.717) is 6.07 Å². The lowest BCUT2D eigenvalue weighted by molar-refractivity contribution is -0.143. The van der Waals surface area contributed by atoms with Crippen LogP contribution in [0.4, 0.5) is 13.2 Å². The van der Waals surface area contributed by atoms with E-state index in [0.717, 1.165) is 10.1 Å². The maximum Gasteiger partial charge on any atom is 0.431 e. The summed E-state index contributed by atoms with van der Waals surface area (Å²) < 4.78 is 45.9. The molecule has 1 atom stereocenters. The zero-order valence-corrected chi connectivity index (χ0v) is 14.1. The van der Waals surface area contributed by atoms with Crippen molar-refractivity contribution in [3.8, 4) is 0 Å². The summed E-state index contributed by atoms with van der Waals surface area (Å²) in [5.74, 6) is -0.426. The predicted octanol–water partition coefficient (Wildman–Crippen LogP) is 2.48. The number of amides is 1. The summed E-state index contributed by atoms with van der Waals surface area (Å²) in [6, 6.07) is 4.71. The molecule has 25 heavy (non-hydrogen) atoms. The second-order valence-electron chi connectivity index (χ2n) is 5.92. The van der Waals surface area contributed by atoms with Gasteiger partial charge in [-0.15, -0.1) is 0 Å². The Morgan fingerprint density at radius 1 is 1.32 bits per heavy atom. The smallest absolute Gasteiger partial charge is 0.375 e. The van der Waals surface area contributed by atoms with Crippen LogP contribution in [0.15, 0.2) is 29.1 Å². The number of aromatic nitrogens is 1. The van der Waals surface area contributed by atoms with Gasteiger partial charge >= 0.3 is 6.18 Å². The van der Waals surface area contributed by atoms with Crippen molar-refractivity contribution < 1.29 is 22.7 Å². The van der Waals surface area contributed by atoms with Crippen molar-refractivity contribution in [2.24, 2.45) is 0 Å². The van der Waals surface area contributed by atoms with Crippen LogP contribution in [-0.2, 0) is 22.3 Å². The molecule has 136 valence electrons. The number of carbonyl (C=O) groups is 1. The summed E-state index contributed by atoms with van der Waals surface area (Å²) >= 11 is 0. The van der Waals surface area contributed by atoms with Crippen molar-refractivity contribution in [2.45, 2.75) is 32.6 Å². The summed E-state index contributed by atoms with van der Waals surface area (Å²) in [5, 5.41) is 2.78. The number of carbonyl (C=O) groups excluding carboxylic acids is 1. The highest BCUT2D eigenvalue weighted by Crippen LogP contribution is 2.30. The van der Waals surface area contributed by atoms with Crippen molar-refractivity contribution in [2.75, 3.05) is 13.7 Å². The van der Waals surface area contributed by atoms with E-state index in [-0.39, 0.29) is 24.1 Å². The van der Waals surface area contributed by atoms with Gasteiger partial charge in [-0.2, -0.15) is 13.2 Å². The number of ether oxygens (including phenoxy) is 1. The molecule has 0 saturated heterocycles. The molecule has 2 aromatic rings. The number of halogens is 3. The highest BCUT2D eigenvalue weighted by atomic mass is 19.4. The van der Waals surface area contributed by atoms with E-state index in [9.17, 15) is 22.8 Å². The van der Waals surface area contributed by atoms with Crippen LogP contribution in [0.5, 0.6) is 0 Å². The van der Waals surface area contributed by atoms with Crippen LogP contribution in [0.3, 0.4) is 0 Å². The number of alkyl halides is 3. The summed E-state index contributed by atoms with van der Waals surface area (Å²) in [6.45, 7) is 3.03. The number of benzene rings is 1. The maximum atomic E-state index is 13.4. The summed E-state index contributed by atoms with van der Waals surface area (Å²) in [7, 11) is 1.35.